The molecule has 1 aromatic heterocycles. The number of pyridine rings is 1. The predicted molar refractivity (Wildman–Crippen MR) is 126 cm³/mol. The van der Waals surface area contributed by atoms with Gasteiger partial charge in [0.2, 0.25) is 11.8 Å². The lowest BCUT2D eigenvalue weighted by Gasteiger charge is -2.26. The van der Waals surface area contributed by atoms with E-state index in [0.29, 0.717) is 28.1 Å². The Bertz CT molecular complexity index is 1280. The van der Waals surface area contributed by atoms with E-state index in [0.717, 1.165) is 24.3 Å². The highest BCUT2D eigenvalue weighted by Crippen LogP contribution is 2.44. The first-order valence-electron chi connectivity index (χ1n) is 10.6. The molecule has 182 valence electrons. The first-order valence-corrected chi connectivity index (χ1v) is 11.0. The number of carbonyl (C=O) groups is 2. The SMILES string of the molecule is COCC1C(=O)N(CC(=O)Nc2ccc(C(F)(F)F)cc2)c2cc(C)nc(Cl)c2-c2ccccc21. The molecule has 4 rings (SSSR count). The molecule has 1 atom stereocenters. The summed E-state index contributed by atoms with van der Waals surface area (Å²) in [5.41, 5.74) is 2.23. The molecule has 6 nitrogen and oxygen atoms in total. The van der Waals surface area contributed by atoms with Crippen LogP contribution in [0.3, 0.4) is 0 Å². The molecule has 2 aromatic carbocycles. The second kappa shape index (κ2) is 9.67. The number of alkyl halides is 3. The third kappa shape index (κ3) is 5.01. The third-order valence-corrected chi connectivity index (χ3v) is 5.95. The number of nitrogens with one attached hydrogen (secondary N) is 1. The van der Waals surface area contributed by atoms with Crippen LogP contribution in [0.25, 0.3) is 11.1 Å². The van der Waals surface area contributed by atoms with E-state index in [9.17, 15) is 22.8 Å². The summed E-state index contributed by atoms with van der Waals surface area (Å²) in [7, 11) is 1.48. The van der Waals surface area contributed by atoms with Crippen molar-refractivity contribution in [3.05, 3.63) is 76.6 Å². The number of nitrogens with zero attached hydrogens (tertiary/aromatic N) is 2. The molecular weight excluding hydrogens is 483 g/mol. The zero-order valence-electron chi connectivity index (χ0n) is 18.8. The van der Waals surface area contributed by atoms with Gasteiger partial charge in [-0.3, -0.25) is 9.59 Å². The maximum atomic E-state index is 13.7. The number of amides is 2. The zero-order chi connectivity index (χ0) is 25.3. The molecule has 0 saturated heterocycles. The first kappa shape index (κ1) is 24.7. The van der Waals surface area contributed by atoms with Crippen molar-refractivity contribution in [2.75, 3.05) is 30.5 Å². The minimum Gasteiger partial charge on any atom is -0.384 e. The van der Waals surface area contributed by atoms with E-state index in [-0.39, 0.29) is 29.9 Å². The fraction of sp³-hybridized carbons (Fsp3) is 0.240. The molecule has 2 amide bonds. The lowest BCUT2D eigenvalue weighted by atomic mass is 9.92. The number of methoxy groups -OCH3 is 1. The van der Waals surface area contributed by atoms with Crippen LogP contribution in [0.4, 0.5) is 24.5 Å². The fourth-order valence-electron chi connectivity index (χ4n) is 4.13. The second-order valence-electron chi connectivity index (χ2n) is 8.09. The van der Waals surface area contributed by atoms with Gasteiger partial charge in [-0.25, -0.2) is 4.98 Å². The third-order valence-electron chi connectivity index (χ3n) is 5.67. The van der Waals surface area contributed by atoms with Crippen molar-refractivity contribution in [1.29, 1.82) is 0 Å². The Kier molecular flexibility index (Phi) is 6.82. The average Bonchev–Trinajstić information content (AvgIpc) is 2.88. The van der Waals surface area contributed by atoms with Crippen molar-refractivity contribution < 1.29 is 27.5 Å². The molecule has 0 saturated carbocycles. The van der Waals surface area contributed by atoms with Gasteiger partial charge in [0.15, 0.2) is 0 Å². The summed E-state index contributed by atoms with van der Waals surface area (Å²) in [5, 5.41) is 2.74. The number of halogens is 4. The molecule has 1 unspecified atom stereocenters. The molecule has 35 heavy (non-hydrogen) atoms. The van der Waals surface area contributed by atoms with Crippen LogP contribution in [0.15, 0.2) is 54.6 Å². The first-order chi connectivity index (χ1) is 16.6. The van der Waals surface area contributed by atoms with Crippen LogP contribution in [-0.4, -0.2) is 37.1 Å². The van der Waals surface area contributed by atoms with E-state index in [4.69, 9.17) is 16.3 Å². The number of benzene rings is 2. The molecule has 2 heterocycles. The molecule has 1 aliphatic rings. The summed E-state index contributed by atoms with van der Waals surface area (Å²) in [6.07, 6.45) is -4.48. The molecule has 0 spiro atoms. The van der Waals surface area contributed by atoms with Crippen LogP contribution in [0.1, 0.15) is 22.7 Å². The van der Waals surface area contributed by atoms with Gasteiger partial charge in [0, 0.05) is 24.1 Å². The van der Waals surface area contributed by atoms with E-state index < -0.39 is 23.6 Å². The molecule has 3 aromatic rings. The van der Waals surface area contributed by atoms with Gasteiger partial charge in [-0.05, 0) is 48.4 Å². The molecule has 1 aliphatic heterocycles. The summed E-state index contributed by atoms with van der Waals surface area (Å²) >= 11 is 6.53. The monoisotopic (exact) mass is 503 g/mol. The Morgan fingerprint density at radius 3 is 2.51 bits per heavy atom. The normalized spacial score (nSPS) is 15.3. The lowest BCUT2D eigenvalue weighted by Crippen LogP contribution is -2.41. The number of hydrogen-bond acceptors (Lipinski definition) is 4. The fourth-order valence-corrected chi connectivity index (χ4v) is 4.46. The predicted octanol–water partition coefficient (Wildman–Crippen LogP) is 5.44. The van der Waals surface area contributed by atoms with Gasteiger partial charge in [-0.2, -0.15) is 13.2 Å². The van der Waals surface area contributed by atoms with Crippen LogP contribution < -0.4 is 10.2 Å². The van der Waals surface area contributed by atoms with Crippen molar-refractivity contribution in [3.8, 4) is 11.1 Å². The quantitative estimate of drug-likeness (QED) is 0.470. The van der Waals surface area contributed by atoms with Gasteiger partial charge in [-0.15, -0.1) is 0 Å². The van der Waals surface area contributed by atoms with Crippen LogP contribution in [-0.2, 0) is 20.5 Å². The van der Waals surface area contributed by atoms with E-state index >= 15 is 0 Å². The highest BCUT2D eigenvalue weighted by atomic mass is 35.5. The van der Waals surface area contributed by atoms with Crippen LogP contribution >= 0.6 is 11.6 Å². The summed E-state index contributed by atoms with van der Waals surface area (Å²) in [6.45, 7) is 1.41. The van der Waals surface area contributed by atoms with Gasteiger partial charge in [-0.1, -0.05) is 35.9 Å². The Morgan fingerprint density at radius 2 is 1.86 bits per heavy atom. The molecule has 0 bridgehead atoms. The number of aryl methyl sites for hydroxylation is 1. The maximum Gasteiger partial charge on any atom is 0.416 e. The zero-order valence-corrected chi connectivity index (χ0v) is 19.6. The van der Waals surface area contributed by atoms with Crippen molar-refractivity contribution in [2.45, 2.75) is 19.0 Å². The van der Waals surface area contributed by atoms with Gasteiger partial charge >= 0.3 is 6.18 Å². The topological polar surface area (TPSA) is 71.5 Å². The molecule has 0 fully saturated rings. The Labute approximate surface area is 204 Å². The number of ether oxygens (including phenoxy) is 1. The molecule has 0 aliphatic carbocycles. The Balaban J connectivity index is 1.71. The van der Waals surface area contributed by atoms with Crippen molar-refractivity contribution in [1.82, 2.24) is 4.98 Å². The lowest BCUT2D eigenvalue weighted by molar-refractivity contribution is -0.137. The number of carbonyl (C=O) groups excluding carboxylic acids is 2. The largest absolute Gasteiger partial charge is 0.416 e. The molecule has 1 N–H and O–H groups in total. The summed E-state index contributed by atoms with van der Waals surface area (Å²) in [5.74, 6) is -1.67. The van der Waals surface area contributed by atoms with Crippen LogP contribution in [0.2, 0.25) is 5.15 Å². The Morgan fingerprint density at radius 1 is 1.17 bits per heavy atom. The minimum atomic E-state index is -4.48. The number of aromatic nitrogens is 1. The van der Waals surface area contributed by atoms with E-state index in [1.54, 1.807) is 19.1 Å². The van der Waals surface area contributed by atoms with E-state index in [1.807, 2.05) is 18.2 Å². The van der Waals surface area contributed by atoms with Crippen molar-refractivity contribution >= 4 is 34.8 Å². The number of fused-ring (bicyclic) bond motifs is 3. The van der Waals surface area contributed by atoms with Crippen LogP contribution in [0, 0.1) is 6.92 Å². The standard InChI is InChI=1S/C25H21ClF3N3O3/c1-14-11-20-22(23(26)30-14)18-6-4-3-5-17(18)19(13-35-2)24(34)32(20)12-21(33)31-16-9-7-15(8-10-16)25(27,28)29/h3-11,19H,12-13H2,1-2H3,(H,31,33). The van der Waals surface area contributed by atoms with Crippen molar-refractivity contribution in [2.24, 2.45) is 0 Å². The van der Waals surface area contributed by atoms with Gasteiger partial charge in [0.05, 0.1) is 23.8 Å². The van der Waals surface area contributed by atoms with Crippen molar-refractivity contribution in [3.63, 3.8) is 0 Å². The molecule has 10 heteroatoms. The summed E-state index contributed by atoms with van der Waals surface area (Å²) in [4.78, 5) is 32.3. The highest BCUT2D eigenvalue weighted by Gasteiger charge is 2.36. The molecular formula is C25H21ClF3N3O3. The van der Waals surface area contributed by atoms with E-state index in [1.165, 1.54) is 12.0 Å². The maximum absolute atomic E-state index is 13.7. The minimum absolute atomic E-state index is 0.0743. The number of anilines is 2. The smallest absolute Gasteiger partial charge is 0.384 e. The summed E-state index contributed by atoms with van der Waals surface area (Å²) in [6, 6.07) is 13.0. The van der Waals surface area contributed by atoms with Gasteiger partial charge < -0.3 is 15.0 Å². The molecule has 0 radical (unpaired) electrons. The van der Waals surface area contributed by atoms with Gasteiger partial charge in [0.25, 0.3) is 0 Å². The number of rotatable bonds is 5. The van der Waals surface area contributed by atoms with Crippen LogP contribution in [0.5, 0.6) is 0 Å². The average molecular weight is 504 g/mol. The Hall–Kier alpha value is -3.43. The number of hydrogen-bond donors (Lipinski definition) is 1. The van der Waals surface area contributed by atoms with Gasteiger partial charge in [0.1, 0.15) is 11.7 Å². The second-order valence-corrected chi connectivity index (χ2v) is 8.45. The highest BCUT2D eigenvalue weighted by molar-refractivity contribution is 6.33. The summed E-state index contributed by atoms with van der Waals surface area (Å²) < 4.78 is 43.8. The van der Waals surface area contributed by atoms with E-state index in [2.05, 4.69) is 10.3 Å².